The Hall–Kier alpha value is -0.0400. The highest BCUT2D eigenvalue weighted by Gasteiger charge is 2.44. The van der Waals surface area contributed by atoms with Crippen LogP contribution >= 0.6 is 0 Å². The molecule has 1 heteroatoms. The van der Waals surface area contributed by atoms with Crippen LogP contribution in [-0.2, 0) is 0 Å². The van der Waals surface area contributed by atoms with E-state index in [1.165, 1.54) is 38.6 Å². The monoisotopic (exact) mass is 181 g/mol. The summed E-state index contributed by atoms with van der Waals surface area (Å²) < 4.78 is 0. The normalized spacial score (nSPS) is 41.1. The lowest BCUT2D eigenvalue weighted by Crippen LogP contribution is -2.59. The Labute approximate surface area is 82.5 Å². The van der Waals surface area contributed by atoms with Gasteiger partial charge in [-0.2, -0.15) is 0 Å². The van der Waals surface area contributed by atoms with E-state index in [4.69, 9.17) is 0 Å². The van der Waals surface area contributed by atoms with Gasteiger partial charge in [-0.05, 0) is 51.0 Å². The number of nitrogens with zero attached hydrogens (tertiary/aromatic N) is 1. The van der Waals surface area contributed by atoms with Crippen molar-refractivity contribution < 1.29 is 0 Å². The minimum Gasteiger partial charge on any atom is -0.301 e. The molecule has 1 saturated heterocycles. The fourth-order valence-electron chi connectivity index (χ4n) is 3.13. The summed E-state index contributed by atoms with van der Waals surface area (Å²) in [6.07, 6.45) is 7.34. The molecule has 1 aliphatic carbocycles. The van der Waals surface area contributed by atoms with Gasteiger partial charge in [-0.25, -0.2) is 0 Å². The van der Waals surface area contributed by atoms with E-state index in [9.17, 15) is 0 Å². The second kappa shape index (κ2) is 3.27. The van der Waals surface area contributed by atoms with Crippen LogP contribution in [0.25, 0.3) is 0 Å². The highest BCUT2D eigenvalue weighted by molar-refractivity contribution is 5.00. The Morgan fingerprint density at radius 3 is 2.08 bits per heavy atom. The number of hydrogen-bond acceptors (Lipinski definition) is 1. The fourth-order valence-corrected chi connectivity index (χ4v) is 3.13. The van der Waals surface area contributed by atoms with Crippen molar-refractivity contribution in [1.29, 1.82) is 0 Å². The quantitative estimate of drug-likeness (QED) is 0.601. The van der Waals surface area contributed by atoms with E-state index in [0.29, 0.717) is 5.54 Å². The lowest BCUT2D eigenvalue weighted by Gasteiger charge is -2.55. The zero-order valence-electron chi connectivity index (χ0n) is 9.34. The molecule has 0 bridgehead atoms. The molecular formula is C12H23N. The van der Waals surface area contributed by atoms with Crippen LogP contribution in [-0.4, -0.2) is 24.0 Å². The van der Waals surface area contributed by atoms with Crippen LogP contribution in [0.1, 0.15) is 46.0 Å². The van der Waals surface area contributed by atoms with E-state index in [2.05, 4.69) is 25.8 Å². The SMILES string of the molecule is CC(C)C1CCC2(CC1)CCN2C. The maximum Gasteiger partial charge on any atom is 0.0218 e. The van der Waals surface area contributed by atoms with Crippen LogP contribution < -0.4 is 0 Å². The second-order valence-corrected chi connectivity index (χ2v) is 5.48. The predicted molar refractivity (Wildman–Crippen MR) is 56.8 cm³/mol. The van der Waals surface area contributed by atoms with Crippen molar-refractivity contribution in [3.05, 3.63) is 0 Å². The molecule has 2 fully saturated rings. The topological polar surface area (TPSA) is 3.24 Å². The van der Waals surface area contributed by atoms with Crippen molar-refractivity contribution in [2.75, 3.05) is 13.6 Å². The molecule has 0 radical (unpaired) electrons. The molecule has 1 saturated carbocycles. The third-order valence-corrected chi connectivity index (χ3v) is 4.63. The molecule has 1 aliphatic heterocycles. The standard InChI is InChI=1S/C12H23N/c1-10(2)11-4-6-12(7-5-11)8-9-13(12)3/h10-11H,4-9H2,1-3H3. The maximum atomic E-state index is 2.59. The first-order valence-corrected chi connectivity index (χ1v) is 5.85. The fraction of sp³-hybridized carbons (Fsp3) is 1.00. The minimum absolute atomic E-state index is 0.658. The largest absolute Gasteiger partial charge is 0.301 e. The van der Waals surface area contributed by atoms with Gasteiger partial charge in [0.05, 0.1) is 0 Å². The molecule has 0 N–H and O–H groups in total. The van der Waals surface area contributed by atoms with Gasteiger partial charge in [0.25, 0.3) is 0 Å². The number of likely N-dealkylation sites (tertiary alicyclic amines) is 1. The van der Waals surface area contributed by atoms with E-state index in [0.717, 1.165) is 11.8 Å². The van der Waals surface area contributed by atoms with E-state index < -0.39 is 0 Å². The number of rotatable bonds is 1. The van der Waals surface area contributed by atoms with Crippen molar-refractivity contribution in [2.45, 2.75) is 51.5 Å². The molecule has 1 nitrogen and oxygen atoms in total. The van der Waals surface area contributed by atoms with Crippen LogP contribution in [0, 0.1) is 11.8 Å². The van der Waals surface area contributed by atoms with Gasteiger partial charge in [-0.15, -0.1) is 0 Å². The molecule has 0 unspecified atom stereocenters. The van der Waals surface area contributed by atoms with Crippen molar-refractivity contribution in [2.24, 2.45) is 11.8 Å². The van der Waals surface area contributed by atoms with Crippen LogP contribution in [0.4, 0.5) is 0 Å². The summed E-state index contributed by atoms with van der Waals surface area (Å²) in [4.78, 5) is 2.59. The lowest BCUT2D eigenvalue weighted by atomic mass is 9.67. The summed E-state index contributed by atoms with van der Waals surface area (Å²) in [6, 6.07) is 0. The molecule has 2 aliphatic rings. The molecule has 2 rings (SSSR count). The van der Waals surface area contributed by atoms with Crippen molar-refractivity contribution in [3.8, 4) is 0 Å². The second-order valence-electron chi connectivity index (χ2n) is 5.48. The first-order valence-electron chi connectivity index (χ1n) is 5.85. The Kier molecular flexibility index (Phi) is 2.39. The van der Waals surface area contributed by atoms with Crippen LogP contribution in [0.5, 0.6) is 0 Å². The van der Waals surface area contributed by atoms with Gasteiger partial charge in [-0.1, -0.05) is 13.8 Å². The van der Waals surface area contributed by atoms with Crippen molar-refractivity contribution >= 4 is 0 Å². The van der Waals surface area contributed by atoms with Crippen molar-refractivity contribution in [1.82, 2.24) is 4.90 Å². The van der Waals surface area contributed by atoms with Gasteiger partial charge in [0.15, 0.2) is 0 Å². The van der Waals surface area contributed by atoms with Gasteiger partial charge < -0.3 is 4.90 Å². The number of hydrogen-bond donors (Lipinski definition) is 0. The van der Waals surface area contributed by atoms with Crippen molar-refractivity contribution in [3.63, 3.8) is 0 Å². The Morgan fingerprint density at radius 2 is 1.77 bits per heavy atom. The summed E-state index contributed by atoms with van der Waals surface area (Å²) in [7, 11) is 2.30. The van der Waals surface area contributed by atoms with Gasteiger partial charge in [0.2, 0.25) is 0 Å². The Balaban J connectivity index is 1.89. The molecule has 1 heterocycles. The van der Waals surface area contributed by atoms with Gasteiger partial charge in [-0.3, -0.25) is 0 Å². The first kappa shape index (κ1) is 9.51. The van der Waals surface area contributed by atoms with E-state index in [1.54, 1.807) is 0 Å². The van der Waals surface area contributed by atoms with E-state index in [-0.39, 0.29) is 0 Å². The highest BCUT2D eigenvalue weighted by atomic mass is 15.2. The van der Waals surface area contributed by atoms with Gasteiger partial charge in [0, 0.05) is 12.1 Å². The molecule has 0 amide bonds. The molecule has 0 atom stereocenters. The molecule has 1 spiro atoms. The maximum absolute atomic E-state index is 2.59. The third-order valence-electron chi connectivity index (χ3n) is 4.63. The Morgan fingerprint density at radius 1 is 1.15 bits per heavy atom. The highest BCUT2D eigenvalue weighted by Crippen LogP contribution is 2.45. The molecule has 76 valence electrons. The summed E-state index contributed by atoms with van der Waals surface area (Å²) >= 11 is 0. The molecular weight excluding hydrogens is 158 g/mol. The zero-order valence-corrected chi connectivity index (χ0v) is 9.34. The summed E-state index contributed by atoms with van der Waals surface area (Å²) in [5.41, 5.74) is 0.658. The molecule has 0 aromatic carbocycles. The van der Waals surface area contributed by atoms with Crippen LogP contribution in [0.3, 0.4) is 0 Å². The third kappa shape index (κ3) is 1.52. The van der Waals surface area contributed by atoms with E-state index in [1.807, 2.05) is 0 Å². The summed E-state index contributed by atoms with van der Waals surface area (Å²) in [5.74, 6) is 1.92. The van der Waals surface area contributed by atoms with Crippen LogP contribution in [0.2, 0.25) is 0 Å². The molecule has 0 aromatic heterocycles. The molecule has 0 aromatic rings. The summed E-state index contributed by atoms with van der Waals surface area (Å²) in [6.45, 7) is 6.10. The smallest absolute Gasteiger partial charge is 0.0218 e. The Bertz CT molecular complexity index is 178. The molecule has 13 heavy (non-hydrogen) atoms. The predicted octanol–water partition coefficient (Wildman–Crippen LogP) is 2.91. The zero-order chi connectivity index (χ0) is 9.47. The minimum atomic E-state index is 0.658. The first-order chi connectivity index (χ1) is 6.14. The van der Waals surface area contributed by atoms with E-state index >= 15 is 0 Å². The average molecular weight is 181 g/mol. The average Bonchev–Trinajstić information content (AvgIpc) is 2.15. The van der Waals surface area contributed by atoms with Gasteiger partial charge >= 0.3 is 0 Å². The van der Waals surface area contributed by atoms with Crippen LogP contribution in [0.15, 0.2) is 0 Å². The summed E-state index contributed by atoms with van der Waals surface area (Å²) in [5, 5.41) is 0. The van der Waals surface area contributed by atoms with Gasteiger partial charge in [0.1, 0.15) is 0 Å². The lowest BCUT2D eigenvalue weighted by molar-refractivity contribution is -0.0348.